The van der Waals surface area contributed by atoms with E-state index in [0.717, 1.165) is 49.0 Å². The third-order valence-corrected chi connectivity index (χ3v) is 6.03. The molecule has 1 atom stereocenters. The lowest BCUT2D eigenvalue weighted by Crippen LogP contribution is -2.42. The lowest BCUT2D eigenvalue weighted by atomic mass is 10.0. The number of nitrogens with one attached hydrogen (secondary N) is 2. The van der Waals surface area contributed by atoms with Gasteiger partial charge in [-0.1, -0.05) is 42.5 Å². The Morgan fingerprint density at radius 2 is 1.84 bits per heavy atom. The zero-order valence-corrected chi connectivity index (χ0v) is 19.1. The SMILES string of the molecule is CCNC(=NCc1nccc2ccccc12)NCC(c1ccccc1OC)N1CCCC1. The maximum atomic E-state index is 5.68. The van der Waals surface area contributed by atoms with Gasteiger partial charge in [0.15, 0.2) is 5.96 Å². The molecular weight excluding hydrogens is 398 g/mol. The molecule has 0 bridgehead atoms. The molecule has 32 heavy (non-hydrogen) atoms. The summed E-state index contributed by atoms with van der Waals surface area (Å²) in [5.74, 6) is 1.74. The molecule has 4 rings (SSSR count). The van der Waals surface area contributed by atoms with E-state index in [0.29, 0.717) is 6.54 Å². The molecule has 3 aromatic rings. The first-order chi connectivity index (χ1) is 15.8. The maximum Gasteiger partial charge on any atom is 0.191 e. The number of hydrogen-bond donors (Lipinski definition) is 2. The number of methoxy groups -OCH3 is 1. The summed E-state index contributed by atoms with van der Waals surface area (Å²) in [5, 5.41) is 9.31. The number of benzene rings is 2. The van der Waals surface area contributed by atoms with Crippen molar-refractivity contribution in [2.75, 3.05) is 33.3 Å². The molecule has 0 aliphatic carbocycles. The van der Waals surface area contributed by atoms with Crippen molar-refractivity contribution in [1.82, 2.24) is 20.5 Å². The maximum absolute atomic E-state index is 5.68. The van der Waals surface area contributed by atoms with Crippen molar-refractivity contribution in [3.8, 4) is 5.75 Å². The van der Waals surface area contributed by atoms with E-state index in [2.05, 4.69) is 63.8 Å². The van der Waals surface area contributed by atoms with E-state index in [1.54, 1.807) is 7.11 Å². The number of nitrogens with zero attached hydrogens (tertiary/aromatic N) is 3. The molecule has 2 N–H and O–H groups in total. The molecule has 6 nitrogen and oxygen atoms in total. The van der Waals surface area contributed by atoms with Crippen LogP contribution in [0.5, 0.6) is 5.75 Å². The fraction of sp³-hybridized carbons (Fsp3) is 0.385. The van der Waals surface area contributed by atoms with Gasteiger partial charge in [0.25, 0.3) is 0 Å². The molecule has 1 saturated heterocycles. The van der Waals surface area contributed by atoms with Gasteiger partial charge < -0.3 is 15.4 Å². The van der Waals surface area contributed by atoms with Crippen LogP contribution in [0.3, 0.4) is 0 Å². The van der Waals surface area contributed by atoms with Crippen molar-refractivity contribution < 1.29 is 4.74 Å². The van der Waals surface area contributed by atoms with E-state index >= 15 is 0 Å². The van der Waals surface area contributed by atoms with Gasteiger partial charge in [0.1, 0.15) is 5.75 Å². The lowest BCUT2D eigenvalue weighted by Gasteiger charge is -2.30. The van der Waals surface area contributed by atoms with Crippen LogP contribution in [0.4, 0.5) is 0 Å². The highest BCUT2D eigenvalue weighted by atomic mass is 16.5. The molecular formula is C26H33N5O. The van der Waals surface area contributed by atoms with Crippen LogP contribution in [0.25, 0.3) is 10.8 Å². The third kappa shape index (κ3) is 5.19. The Balaban J connectivity index is 1.53. The average molecular weight is 432 g/mol. The predicted molar refractivity (Wildman–Crippen MR) is 131 cm³/mol. The zero-order valence-electron chi connectivity index (χ0n) is 19.1. The summed E-state index contributed by atoms with van der Waals surface area (Å²) in [7, 11) is 1.75. The van der Waals surface area contributed by atoms with Gasteiger partial charge in [-0.2, -0.15) is 0 Å². The number of aliphatic imine (C=N–C) groups is 1. The van der Waals surface area contributed by atoms with Gasteiger partial charge in [-0.05, 0) is 50.4 Å². The van der Waals surface area contributed by atoms with Crippen LogP contribution >= 0.6 is 0 Å². The number of likely N-dealkylation sites (tertiary alicyclic amines) is 1. The van der Waals surface area contributed by atoms with Crippen LogP contribution in [-0.2, 0) is 6.54 Å². The molecule has 168 valence electrons. The molecule has 1 fully saturated rings. The fourth-order valence-electron chi connectivity index (χ4n) is 4.43. The Bertz CT molecular complexity index is 1040. The molecule has 0 amide bonds. The minimum absolute atomic E-state index is 0.230. The highest BCUT2D eigenvalue weighted by molar-refractivity contribution is 5.85. The smallest absolute Gasteiger partial charge is 0.191 e. The molecule has 2 aromatic carbocycles. The number of hydrogen-bond acceptors (Lipinski definition) is 4. The summed E-state index contributed by atoms with van der Waals surface area (Å²) < 4.78 is 5.68. The summed E-state index contributed by atoms with van der Waals surface area (Å²) in [4.78, 5) is 12.0. The molecule has 1 aliphatic heterocycles. The van der Waals surface area contributed by atoms with E-state index < -0.39 is 0 Å². The fourth-order valence-corrected chi connectivity index (χ4v) is 4.43. The van der Waals surface area contributed by atoms with E-state index in [4.69, 9.17) is 9.73 Å². The Labute approximate surface area is 190 Å². The van der Waals surface area contributed by atoms with Crippen molar-refractivity contribution in [2.45, 2.75) is 32.4 Å². The monoisotopic (exact) mass is 431 g/mol. The zero-order chi connectivity index (χ0) is 22.2. The first-order valence-corrected chi connectivity index (χ1v) is 11.5. The largest absolute Gasteiger partial charge is 0.496 e. The second-order valence-electron chi connectivity index (χ2n) is 8.06. The van der Waals surface area contributed by atoms with E-state index in [1.165, 1.54) is 23.8 Å². The Hall–Kier alpha value is -3.12. The molecule has 0 saturated carbocycles. The number of fused-ring (bicyclic) bond motifs is 1. The summed E-state index contributed by atoms with van der Waals surface area (Å²) >= 11 is 0. The summed E-state index contributed by atoms with van der Waals surface area (Å²) in [6.07, 6.45) is 4.34. The van der Waals surface area contributed by atoms with Crippen LogP contribution < -0.4 is 15.4 Å². The number of rotatable bonds is 8. The van der Waals surface area contributed by atoms with Crippen LogP contribution in [-0.4, -0.2) is 49.1 Å². The number of guanidine groups is 1. The van der Waals surface area contributed by atoms with Crippen LogP contribution in [0.1, 0.15) is 37.1 Å². The van der Waals surface area contributed by atoms with Crippen molar-refractivity contribution in [1.29, 1.82) is 0 Å². The Morgan fingerprint density at radius 3 is 2.66 bits per heavy atom. The molecule has 1 unspecified atom stereocenters. The summed E-state index contributed by atoms with van der Waals surface area (Å²) in [6.45, 7) is 6.40. The van der Waals surface area contributed by atoms with Crippen molar-refractivity contribution in [2.24, 2.45) is 4.99 Å². The van der Waals surface area contributed by atoms with E-state index in [-0.39, 0.29) is 6.04 Å². The summed E-state index contributed by atoms with van der Waals surface area (Å²) in [6, 6.07) is 18.9. The van der Waals surface area contributed by atoms with Gasteiger partial charge in [0, 0.05) is 30.2 Å². The lowest BCUT2D eigenvalue weighted by molar-refractivity contribution is 0.239. The van der Waals surface area contributed by atoms with Gasteiger partial charge in [0.2, 0.25) is 0 Å². The van der Waals surface area contributed by atoms with Crippen molar-refractivity contribution in [3.63, 3.8) is 0 Å². The number of ether oxygens (including phenoxy) is 1. The standard InChI is InChI=1S/C26H33N5O/c1-3-27-26(29-18-23-21-11-5-4-10-20(21)14-15-28-23)30-19-24(31-16-8-9-17-31)22-12-6-7-13-25(22)32-2/h4-7,10-15,24H,3,8-9,16-19H2,1-2H3,(H2,27,29,30). The molecule has 1 aromatic heterocycles. The number of aromatic nitrogens is 1. The number of para-hydroxylation sites is 1. The molecule has 1 aliphatic rings. The predicted octanol–water partition coefficient (Wildman–Crippen LogP) is 4.14. The minimum atomic E-state index is 0.230. The van der Waals surface area contributed by atoms with Gasteiger partial charge in [-0.25, -0.2) is 4.99 Å². The Kier molecular flexibility index (Phi) is 7.56. The average Bonchev–Trinajstić information content (AvgIpc) is 3.37. The van der Waals surface area contributed by atoms with Crippen LogP contribution in [0.2, 0.25) is 0 Å². The van der Waals surface area contributed by atoms with Gasteiger partial charge in [-0.15, -0.1) is 0 Å². The highest BCUT2D eigenvalue weighted by Crippen LogP contribution is 2.31. The van der Waals surface area contributed by atoms with E-state index in [9.17, 15) is 0 Å². The number of pyridine rings is 1. The normalized spacial score (nSPS) is 15.6. The molecule has 2 heterocycles. The third-order valence-electron chi connectivity index (χ3n) is 6.03. The van der Waals surface area contributed by atoms with Gasteiger partial charge >= 0.3 is 0 Å². The quantitative estimate of drug-likeness (QED) is 0.415. The minimum Gasteiger partial charge on any atom is -0.496 e. The highest BCUT2D eigenvalue weighted by Gasteiger charge is 2.26. The van der Waals surface area contributed by atoms with Crippen LogP contribution in [0, 0.1) is 0 Å². The van der Waals surface area contributed by atoms with Crippen LogP contribution in [0.15, 0.2) is 65.8 Å². The van der Waals surface area contributed by atoms with E-state index in [1.807, 2.05) is 24.4 Å². The summed E-state index contributed by atoms with van der Waals surface area (Å²) in [5.41, 5.74) is 2.21. The van der Waals surface area contributed by atoms with Crippen molar-refractivity contribution in [3.05, 3.63) is 72.1 Å². The first kappa shape index (κ1) is 22.1. The second kappa shape index (κ2) is 11.0. The topological polar surface area (TPSA) is 61.8 Å². The second-order valence-corrected chi connectivity index (χ2v) is 8.06. The van der Waals surface area contributed by atoms with Gasteiger partial charge in [-0.3, -0.25) is 9.88 Å². The Morgan fingerprint density at radius 1 is 1.06 bits per heavy atom. The molecule has 0 spiro atoms. The first-order valence-electron chi connectivity index (χ1n) is 11.5. The van der Waals surface area contributed by atoms with Crippen molar-refractivity contribution >= 4 is 16.7 Å². The van der Waals surface area contributed by atoms with Gasteiger partial charge in [0.05, 0.1) is 25.4 Å². The molecule has 0 radical (unpaired) electrons. The molecule has 6 heteroatoms.